The van der Waals surface area contributed by atoms with E-state index in [4.69, 9.17) is 0 Å². The van der Waals surface area contributed by atoms with Gasteiger partial charge < -0.3 is 5.32 Å². The molecule has 102 valence electrons. The van der Waals surface area contributed by atoms with Crippen LogP contribution in [0.4, 0.5) is 0 Å². The lowest BCUT2D eigenvalue weighted by molar-refractivity contribution is -0.122. The number of nitrogens with one attached hydrogen (secondary N) is 1. The smallest absolute Gasteiger partial charge is 0.220 e. The summed E-state index contributed by atoms with van der Waals surface area (Å²) in [4.78, 5) is 12.2. The quantitative estimate of drug-likeness (QED) is 0.853. The van der Waals surface area contributed by atoms with Gasteiger partial charge in [-0.2, -0.15) is 0 Å². The highest BCUT2D eigenvalue weighted by atomic mass is 16.1. The predicted molar refractivity (Wildman–Crippen MR) is 76.6 cm³/mol. The highest BCUT2D eigenvalue weighted by Crippen LogP contribution is 2.41. The van der Waals surface area contributed by atoms with Gasteiger partial charge in [0, 0.05) is 6.42 Å². The Balaban J connectivity index is 1.60. The van der Waals surface area contributed by atoms with Gasteiger partial charge >= 0.3 is 0 Å². The summed E-state index contributed by atoms with van der Waals surface area (Å²) in [5.74, 6) is 1.55. The molecule has 19 heavy (non-hydrogen) atoms. The van der Waals surface area contributed by atoms with Gasteiger partial charge in [0.05, 0.1) is 6.04 Å². The van der Waals surface area contributed by atoms with Crippen LogP contribution in [0.5, 0.6) is 0 Å². The summed E-state index contributed by atoms with van der Waals surface area (Å²) in [5.41, 5.74) is 1.27. The zero-order valence-electron chi connectivity index (χ0n) is 11.5. The molecule has 1 amide bonds. The SMILES string of the molecule is O=C(CC1CCCC1)NC(c1ccccc1)C1CC1. The standard InChI is InChI=1S/C17H23NO/c19-16(12-13-6-4-5-7-13)18-17(15-10-11-15)14-8-2-1-3-9-14/h1-3,8-9,13,15,17H,4-7,10-12H2,(H,18,19). The van der Waals surface area contributed by atoms with Crippen molar-refractivity contribution in [1.82, 2.24) is 5.32 Å². The van der Waals surface area contributed by atoms with Crippen LogP contribution in [0.2, 0.25) is 0 Å². The lowest BCUT2D eigenvalue weighted by atomic mass is 10.00. The Kier molecular flexibility index (Phi) is 3.86. The normalized spacial score (nSPS) is 21.3. The van der Waals surface area contributed by atoms with E-state index in [1.165, 1.54) is 44.1 Å². The molecule has 0 saturated heterocycles. The highest BCUT2D eigenvalue weighted by molar-refractivity contribution is 5.76. The second-order valence-electron chi connectivity index (χ2n) is 6.15. The zero-order valence-corrected chi connectivity index (χ0v) is 11.5. The van der Waals surface area contributed by atoms with Crippen LogP contribution >= 0.6 is 0 Å². The summed E-state index contributed by atoms with van der Waals surface area (Å²) in [7, 11) is 0. The van der Waals surface area contributed by atoms with Gasteiger partial charge in [0.25, 0.3) is 0 Å². The predicted octanol–water partition coefficient (Wildman–Crippen LogP) is 3.83. The first-order chi connectivity index (χ1) is 9.33. The molecule has 3 rings (SSSR count). The molecule has 1 unspecified atom stereocenters. The molecule has 2 heteroatoms. The number of carbonyl (C=O) groups excluding carboxylic acids is 1. The number of amides is 1. The monoisotopic (exact) mass is 257 g/mol. The van der Waals surface area contributed by atoms with Crippen molar-refractivity contribution in [2.75, 3.05) is 0 Å². The van der Waals surface area contributed by atoms with E-state index in [0.717, 1.165) is 6.42 Å². The molecule has 1 aromatic carbocycles. The third-order valence-electron chi connectivity index (χ3n) is 4.52. The van der Waals surface area contributed by atoms with E-state index >= 15 is 0 Å². The molecule has 2 nitrogen and oxygen atoms in total. The molecule has 2 saturated carbocycles. The highest BCUT2D eigenvalue weighted by Gasteiger charge is 2.33. The number of benzene rings is 1. The minimum atomic E-state index is 0.245. The third-order valence-corrected chi connectivity index (χ3v) is 4.52. The van der Waals surface area contributed by atoms with E-state index < -0.39 is 0 Å². The summed E-state index contributed by atoms with van der Waals surface area (Å²) in [6, 6.07) is 10.7. The lowest BCUT2D eigenvalue weighted by Gasteiger charge is -2.20. The van der Waals surface area contributed by atoms with Gasteiger partial charge in [-0.15, -0.1) is 0 Å². The minimum Gasteiger partial charge on any atom is -0.349 e. The summed E-state index contributed by atoms with van der Waals surface area (Å²) in [5, 5.41) is 3.28. The van der Waals surface area contributed by atoms with Crippen molar-refractivity contribution in [2.45, 2.75) is 51.0 Å². The van der Waals surface area contributed by atoms with Gasteiger partial charge in [-0.25, -0.2) is 0 Å². The fraction of sp³-hybridized carbons (Fsp3) is 0.588. The van der Waals surface area contributed by atoms with Crippen LogP contribution in [0, 0.1) is 11.8 Å². The van der Waals surface area contributed by atoms with Gasteiger partial charge in [0.15, 0.2) is 0 Å². The third kappa shape index (κ3) is 3.37. The van der Waals surface area contributed by atoms with Gasteiger partial charge in [-0.3, -0.25) is 4.79 Å². The molecular formula is C17H23NO. The topological polar surface area (TPSA) is 29.1 Å². The van der Waals surface area contributed by atoms with Crippen molar-refractivity contribution < 1.29 is 4.79 Å². The second-order valence-corrected chi connectivity index (χ2v) is 6.15. The maximum atomic E-state index is 12.2. The van der Waals surface area contributed by atoms with Crippen molar-refractivity contribution in [2.24, 2.45) is 11.8 Å². The number of hydrogen-bond acceptors (Lipinski definition) is 1. The van der Waals surface area contributed by atoms with Crippen LogP contribution in [0.15, 0.2) is 30.3 Å². The maximum Gasteiger partial charge on any atom is 0.220 e. The number of hydrogen-bond donors (Lipinski definition) is 1. The molecule has 1 aromatic rings. The van der Waals surface area contributed by atoms with E-state index in [1.54, 1.807) is 0 Å². The second kappa shape index (κ2) is 5.77. The van der Waals surface area contributed by atoms with E-state index in [2.05, 4.69) is 29.6 Å². The first kappa shape index (κ1) is 12.7. The Labute approximate surface area is 115 Å². The average molecular weight is 257 g/mol. The molecule has 2 fully saturated rings. The molecule has 0 heterocycles. The van der Waals surface area contributed by atoms with Crippen molar-refractivity contribution in [3.63, 3.8) is 0 Å². The number of carbonyl (C=O) groups is 1. The minimum absolute atomic E-state index is 0.245. The Morgan fingerprint density at radius 1 is 1.11 bits per heavy atom. The molecular weight excluding hydrogens is 234 g/mol. The van der Waals surface area contributed by atoms with E-state index in [-0.39, 0.29) is 11.9 Å². The van der Waals surface area contributed by atoms with Crippen LogP contribution in [0.3, 0.4) is 0 Å². The van der Waals surface area contributed by atoms with Crippen molar-refractivity contribution in [3.05, 3.63) is 35.9 Å². The largest absolute Gasteiger partial charge is 0.349 e. The Bertz CT molecular complexity index is 418. The van der Waals surface area contributed by atoms with Gasteiger partial charge in [0.1, 0.15) is 0 Å². The first-order valence-electron chi connectivity index (χ1n) is 7.67. The molecule has 0 bridgehead atoms. The van der Waals surface area contributed by atoms with Crippen LogP contribution in [0.25, 0.3) is 0 Å². The lowest BCUT2D eigenvalue weighted by Crippen LogP contribution is -2.30. The molecule has 2 aliphatic carbocycles. The van der Waals surface area contributed by atoms with E-state index in [0.29, 0.717) is 11.8 Å². The molecule has 1 atom stereocenters. The summed E-state index contributed by atoms with van der Waals surface area (Å²) in [6.45, 7) is 0. The summed E-state index contributed by atoms with van der Waals surface area (Å²) < 4.78 is 0. The summed E-state index contributed by atoms with van der Waals surface area (Å²) >= 11 is 0. The number of rotatable bonds is 5. The van der Waals surface area contributed by atoms with Crippen LogP contribution in [0.1, 0.15) is 56.6 Å². The fourth-order valence-corrected chi connectivity index (χ4v) is 3.27. The Hall–Kier alpha value is -1.31. The maximum absolute atomic E-state index is 12.2. The molecule has 0 aliphatic heterocycles. The van der Waals surface area contributed by atoms with Crippen molar-refractivity contribution in [1.29, 1.82) is 0 Å². The van der Waals surface area contributed by atoms with Crippen molar-refractivity contribution in [3.8, 4) is 0 Å². The molecule has 1 N–H and O–H groups in total. The first-order valence-corrected chi connectivity index (χ1v) is 7.67. The van der Waals surface area contributed by atoms with Crippen molar-refractivity contribution >= 4 is 5.91 Å². The molecule has 0 spiro atoms. The van der Waals surface area contributed by atoms with E-state index in [1.807, 2.05) is 6.07 Å². The van der Waals surface area contributed by atoms with Gasteiger partial charge in [0.2, 0.25) is 5.91 Å². The van der Waals surface area contributed by atoms with Crippen LogP contribution in [-0.2, 0) is 4.79 Å². The average Bonchev–Trinajstić information content (AvgIpc) is 3.15. The van der Waals surface area contributed by atoms with Crippen LogP contribution in [-0.4, -0.2) is 5.91 Å². The zero-order chi connectivity index (χ0) is 13.1. The van der Waals surface area contributed by atoms with Gasteiger partial charge in [-0.1, -0.05) is 43.2 Å². The summed E-state index contributed by atoms with van der Waals surface area (Å²) in [6.07, 6.45) is 8.34. The molecule has 0 aromatic heterocycles. The van der Waals surface area contributed by atoms with Crippen LogP contribution < -0.4 is 5.32 Å². The Morgan fingerprint density at radius 3 is 2.42 bits per heavy atom. The van der Waals surface area contributed by atoms with E-state index in [9.17, 15) is 4.79 Å². The molecule has 2 aliphatic rings. The fourth-order valence-electron chi connectivity index (χ4n) is 3.27. The Morgan fingerprint density at radius 2 is 1.79 bits per heavy atom. The van der Waals surface area contributed by atoms with Gasteiger partial charge in [-0.05, 0) is 43.1 Å². The molecule has 0 radical (unpaired) electrons.